The van der Waals surface area contributed by atoms with E-state index >= 15 is 0 Å². The predicted octanol–water partition coefficient (Wildman–Crippen LogP) is 1.10. The molecule has 14 heavy (non-hydrogen) atoms. The Kier molecular flexibility index (Phi) is 6.15. The quantitative estimate of drug-likeness (QED) is 0.650. The van der Waals surface area contributed by atoms with Crippen molar-refractivity contribution in [3.05, 3.63) is 0 Å². The molecular weight excluding hydrogens is 176 g/mol. The highest BCUT2D eigenvalue weighted by Gasteiger charge is 2.20. The molecule has 1 atom stereocenters. The number of nitrogens with one attached hydrogen (secondary N) is 1. The SMILES string of the molecule is CCCNCCN1CCOCC1CC. The van der Waals surface area contributed by atoms with Gasteiger partial charge >= 0.3 is 0 Å². The van der Waals surface area contributed by atoms with Gasteiger partial charge in [-0.3, -0.25) is 4.90 Å². The predicted molar refractivity (Wildman–Crippen MR) is 59.6 cm³/mol. The first-order valence-corrected chi connectivity index (χ1v) is 5.91. The molecule has 0 bridgehead atoms. The van der Waals surface area contributed by atoms with Gasteiger partial charge in [0.05, 0.1) is 13.2 Å². The van der Waals surface area contributed by atoms with Crippen LogP contribution in [-0.4, -0.2) is 50.3 Å². The zero-order chi connectivity index (χ0) is 10.2. The van der Waals surface area contributed by atoms with E-state index in [2.05, 4.69) is 24.1 Å². The van der Waals surface area contributed by atoms with Gasteiger partial charge in [-0.25, -0.2) is 0 Å². The van der Waals surface area contributed by atoms with Crippen LogP contribution in [0.5, 0.6) is 0 Å². The first-order chi connectivity index (χ1) is 6.88. The minimum absolute atomic E-state index is 0.646. The number of nitrogens with zero attached hydrogens (tertiary/aromatic N) is 1. The van der Waals surface area contributed by atoms with Crippen LogP contribution in [0.2, 0.25) is 0 Å². The summed E-state index contributed by atoms with van der Waals surface area (Å²) in [4.78, 5) is 2.55. The van der Waals surface area contributed by atoms with Crippen LogP contribution in [0.4, 0.5) is 0 Å². The van der Waals surface area contributed by atoms with Crippen molar-refractivity contribution >= 4 is 0 Å². The number of morpholine rings is 1. The van der Waals surface area contributed by atoms with Gasteiger partial charge in [0.15, 0.2) is 0 Å². The third-order valence-electron chi connectivity index (χ3n) is 2.82. The van der Waals surface area contributed by atoms with Crippen LogP contribution in [0.3, 0.4) is 0 Å². The minimum Gasteiger partial charge on any atom is -0.378 e. The summed E-state index contributed by atoms with van der Waals surface area (Å²) >= 11 is 0. The highest BCUT2D eigenvalue weighted by atomic mass is 16.5. The summed E-state index contributed by atoms with van der Waals surface area (Å²) in [5, 5.41) is 3.44. The molecule has 1 N–H and O–H groups in total. The Morgan fingerprint density at radius 3 is 2.93 bits per heavy atom. The second kappa shape index (κ2) is 7.21. The number of ether oxygens (including phenoxy) is 1. The van der Waals surface area contributed by atoms with E-state index in [1.54, 1.807) is 0 Å². The fourth-order valence-corrected chi connectivity index (χ4v) is 1.88. The van der Waals surface area contributed by atoms with Crippen LogP contribution in [0, 0.1) is 0 Å². The van der Waals surface area contributed by atoms with Crippen LogP contribution < -0.4 is 5.32 Å². The number of rotatable bonds is 6. The molecule has 3 heteroatoms. The van der Waals surface area contributed by atoms with Crippen molar-refractivity contribution in [2.75, 3.05) is 39.4 Å². The highest BCUT2D eigenvalue weighted by Crippen LogP contribution is 2.08. The van der Waals surface area contributed by atoms with Crippen molar-refractivity contribution in [3.63, 3.8) is 0 Å². The molecule has 0 saturated carbocycles. The van der Waals surface area contributed by atoms with Gasteiger partial charge in [0.2, 0.25) is 0 Å². The Balaban J connectivity index is 2.13. The van der Waals surface area contributed by atoms with Gasteiger partial charge in [0.1, 0.15) is 0 Å². The van der Waals surface area contributed by atoms with Crippen molar-refractivity contribution in [2.45, 2.75) is 32.7 Å². The Labute approximate surface area is 87.8 Å². The molecule has 0 aromatic heterocycles. The molecule has 1 aliphatic rings. The topological polar surface area (TPSA) is 24.5 Å². The standard InChI is InChI=1S/C11H24N2O/c1-3-5-12-6-7-13-8-9-14-10-11(13)4-2/h11-12H,3-10H2,1-2H3. The number of hydrogen-bond donors (Lipinski definition) is 1. The third kappa shape index (κ3) is 3.95. The molecule has 0 aromatic rings. The molecule has 0 radical (unpaired) electrons. The Bertz CT molecular complexity index is 141. The van der Waals surface area contributed by atoms with E-state index in [-0.39, 0.29) is 0 Å². The monoisotopic (exact) mass is 200 g/mol. The largest absolute Gasteiger partial charge is 0.378 e. The summed E-state index contributed by atoms with van der Waals surface area (Å²) < 4.78 is 5.47. The first-order valence-electron chi connectivity index (χ1n) is 5.91. The zero-order valence-electron chi connectivity index (χ0n) is 9.59. The number of hydrogen-bond acceptors (Lipinski definition) is 3. The summed E-state index contributed by atoms with van der Waals surface area (Å²) in [6, 6.07) is 0.646. The Hall–Kier alpha value is -0.120. The van der Waals surface area contributed by atoms with Crippen molar-refractivity contribution < 1.29 is 4.74 Å². The molecular formula is C11H24N2O. The van der Waals surface area contributed by atoms with E-state index in [9.17, 15) is 0 Å². The average Bonchev–Trinajstić information content (AvgIpc) is 2.25. The molecule has 0 amide bonds. The van der Waals surface area contributed by atoms with Crippen LogP contribution in [0.25, 0.3) is 0 Å². The molecule has 1 heterocycles. The van der Waals surface area contributed by atoms with Crippen LogP contribution in [0.15, 0.2) is 0 Å². The summed E-state index contributed by atoms with van der Waals surface area (Å²) in [5.74, 6) is 0. The lowest BCUT2D eigenvalue weighted by Gasteiger charge is -2.35. The van der Waals surface area contributed by atoms with Crippen LogP contribution >= 0.6 is 0 Å². The maximum atomic E-state index is 5.47. The molecule has 1 fully saturated rings. The van der Waals surface area contributed by atoms with E-state index < -0.39 is 0 Å². The zero-order valence-corrected chi connectivity index (χ0v) is 9.59. The maximum absolute atomic E-state index is 5.47. The van der Waals surface area contributed by atoms with Gasteiger partial charge in [-0.1, -0.05) is 13.8 Å². The minimum atomic E-state index is 0.646. The molecule has 84 valence electrons. The van der Waals surface area contributed by atoms with Crippen LogP contribution in [0.1, 0.15) is 26.7 Å². The lowest BCUT2D eigenvalue weighted by atomic mass is 10.2. The fourth-order valence-electron chi connectivity index (χ4n) is 1.88. The van der Waals surface area contributed by atoms with E-state index in [4.69, 9.17) is 4.74 Å². The summed E-state index contributed by atoms with van der Waals surface area (Å²) in [6.45, 7) is 10.8. The first kappa shape index (κ1) is 12.0. The molecule has 3 nitrogen and oxygen atoms in total. The smallest absolute Gasteiger partial charge is 0.0622 e. The van der Waals surface area contributed by atoms with Gasteiger partial charge < -0.3 is 10.1 Å². The third-order valence-corrected chi connectivity index (χ3v) is 2.82. The summed E-state index contributed by atoms with van der Waals surface area (Å²) in [5.41, 5.74) is 0. The molecule has 0 spiro atoms. The normalized spacial score (nSPS) is 24.0. The van der Waals surface area contributed by atoms with Crippen LogP contribution in [-0.2, 0) is 4.74 Å². The molecule has 1 rings (SSSR count). The van der Waals surface area contributed by atoms with Gasteiger partial charge in [-0.05, 0) is 19.4 Å². The second-order valence-corrected chi connectivity index (χ2v) is 3.92. The Morgan fingerprint density at radius 1 is 1.36 bits per heavy atom. The fraction of sp³-hybridized carbons (Fsp3) is 1.00. The van der Waals surface area contributed by atoms with Crippen molar-refractivity contribution in [1.82, 2.24) is 10.2 Å². The van der Waals surface area contributed by atoms with Gasteiger partial charge in [0.25, 0.3) is 0 Å². The second-order valence-electron chi connectivity index (χ2n) is 3.92. The van der Waals surface area contributed by atoms with E-state index in [0.29, 0.717) is 6.04 Å². The Morgan fingerprint density at radius 2 is 2.21 bits per heavy atom. The molecule has 1 aliphatic heterocycles. The molecule has 0 aromatic carbocycles. The van der Waals surface area contributed by atoms with Crippen molar-refractivity contribution in [3.8, 4) is 0 Å². The van der Waals surface area contributed by atoms with E-state index in [0.717, 1.165) is 32.8 Å². The molecule has 1 unspecified atom stereocenters. The molecule has 0 aliphatic carbocycles. The lowest BCUT2D eigenvalue weighted by Crippen LogP contribution is -2.47. The molecule has 1 saturated heterocycles. The average molecular weight is 200 g/mol. The van der Waals surface area contributed by atoms with Gasteiger partial charge in [-0.15, -0.1) is 0 Å². The maximum Gasteiger partial charge on any atom is 0.0622 e. The van der Waals surface area contributed by atoms with Gasteiger partial charge in [-0.2, -0.15) is 0 Å². The summed E-state index contributed by atoms with van der Waals surface area (Å²) in [6.07, 6.45) is 2.42. The summed E-state index contributed by atoms with van der Waals surface area (Å²) in [7, 11) is 0. The lowest BCUT2D eigenvalue weighted by molar-refractivity contribution is -0.00780. The van der Waals surface area contributed by atoms with E-state index in [1.807, 2.05) is 0 Å². The van der Waals surface area contributed by atoms with Crippen molar-refractivity contribution in [2.24, 2.45) is 0 Å². The van der Waals surface area contributed by atoms with Gasteiger partial charge in [0, 0.05) is 25.7 Å². The van der Waals surface area contributed by atoms with Crippen molar-refractivity contribution in [1.29, 1.82) is 0 Å². The van der Waals surface area contributed by atoms with E-state index in [1.165, 1.54) is 19.4 Å². The highest BCUT2D eigenvalue weighted by molar-refractivity contribution is 4.74.